The van der Waals surface area contributed by atoms with Crippen molar-refractivity contribution < 1.29 is 14.3 Å². The highest BCUT2D eigenvalue weighted by Crippen LogP contribution is 2.32. The van der Waals surface area contributed by atoms with E-state index in [1.807, 2.05) is 12.1 Å². The average Bonchev–Trinajstić information content (AvgIpc) is 3.05. The number of benzene rings is 1. The fraction of sp³-hybridized carbons (Fsp3) is 0.611. The quantitative estimate of drug-likeness (QED) is 0.830. The Morgan fingerprint density at radius 3 is 2.50 bits per heavy atom. The Kier molecular flexibility index (Phi) is 6.10. The van der Waals surface area contributed by atoms with Crippen molar-refractivity contribution in [3.05, 3.63) is 23.8 Å². The maximum absolute atomic E-state index is 12.3. The summed E-state index contributed by atoms with van der Waals surface area (Å²) in [6, 6.07) is 5.64. The van der Waals surface area contributed by atoms with Crippen molar-refractivity contribution in [3.63, 3.8) is 0 Å². The van der Waals surface area contributed by atoms with E-state index in [1.54, 1.807) is 13.2 Å². The van der Waals surface area contributed by atoms with Crippen LogP contribution in [-0.4, -0.2) is 25.2 Å². The van der Waals surface area contributed by atoms with Gasteiger partial charge < -0.3 is 14.8 Å². The van der Waals surface area contributed by atoms with Crippen molar-refractivity contribution in [2.24, 2.45) is 0 Å². The summed E-state index contributed by atoms with van der Waals surface area (Å²) in [5.74, 6) is 1.30. The first-order valence-corrected chi connectivity index (χ1v) is 8.33. The van der Waals surface area contributed by atoms with Gasteiger partial charge in [0.2, 0.25) is 0 Å². The topological polar surface area (TPSA) is 47.6 Å². The van der Waals surface area contributed by atoms with Gasteiger partial charge in [-0.15, -0.1) is 0 Å². The third kappa shape index (κ3) is 4.15. The lowest BCUT2D eigenvalue weighted by Crippen LogP contribution is -2.33. The van der Waals surface area contributed by atoms with Crippen molar-refractivity contribution in [2.75, 3.05) is 7.11 Å². The molecule has 0 heterocycles. The van der Waals surface area contributed by atoms with Crippen LogP contribution in [0.2, 0.25) is 0 Å². The predicted octanol–water partition coefficient (Wildman–Crippen LogP) is 3.94. The summed E-state index contributed by atoms with van der Waals surface area (Å²) < 4.78 is 11.4. The van der Waals surface area contributed by atoms with Crippen molar-refractivity contribution in [1.82, 2.24) is 5.32 Å². The Morgan fingerprint density at radius 2 is 1.91 bits per heavy atom. The summed E-state index contributed by atoms with van der Waals surface area (Å²) in [4.78, 5) is 12.3. The summed E-state index contributed by atoms with van der Waals surface area (Å²) in [6.45, 7) is 4.15. The Morgan fingerprint density at radius 1 is 1.23 bits per heavy atom. The first-order chi connectivity index (χ1) is 10.7. The Bertz CT molecular complexity index is 491. The van der Waals surface area contributed by atoms with Gasteiger partial charge in [-0.05, 0) is 56.7 Å². The van der Waals surface area contributed by atoms with E-state index in [-0.39, 0.29) is 18.1 Å². The zero-order chi connectivity index (χ0) is 15.9. The van der Waals surface area contributed by atoms with Crippen LogP contribution >= 0.6 is 0 Å². The van der Waals surface area contributed by atoms with E-state index in [1.165, 1.54) is 12.8 Å². The molecule has 1 fully saturated rings. The van der Waals surface area contributed by atoms with Crippen molar-refractivity contribution in [2.45, 2.75) is 64.5 Å². The molecule has 0 bridgehead atoms. The minimum absolute atomic E-state index is 0.0561. The second-order valence-electron chi connectivity index (χ2n) is 5.88. The molecule has 0 aromatic heterocycles. The predicted molar refractivity (Wildman–Crippen MR) is 87.7 cm³/mol. The highest BCUT2D eigenvalue weighted by Gasteiger charge is 2.19. The second kappa shape index (κ2) is 8.06. The summed E-state index contributed by atoms with van der Waals surface area (Å²) in [7, 11) is 1.61. The lowest BCUT2D eigenvalue weighted by Gasteiger charge is -2.18. The fourth-order valence-corrected chi connectivity index (χ4v) is 2.85. The molecule has 1 aliphatic rings. The first-order valence-electron chi connectivity index (χ1n) is 8.33. The zero-order valence-electron chi connectivity index (χ0n) is 13.9. The van der Waals surface area contributed by atoms with E-state index in [2.05, 4.69) is 19.2 Å². The standard InChI is InChI=1S/C18H27NO3/c1-4-14(5-2)19-18(20)13-10-11-16(17(12-13)21-3)22-15-8-6-7-9-15/h10-12,14-15H,4-9H2,1-3H3,(H,19,20). The zero-order valence-corrected chi connectivity index (χ0v) is 13.9. The van der Waals surface area contributed by atoms with E-state index in [9.17, 15) is 4.79 Å². The van der Waals surface area contributed by atoms with Gasteiger partial charge in [-0.1, -0.05) is 13.8 Å². The number of hydrogen-bond donors (Lipinski definition) is 1. The van der Waals surface area contributed by atoms with E-state index in [0.717, 1.165) is 31.4 Å². The van der Waals surface area contributed by atoms with Crippen molar-refractivity contribution in [1.29, 1.82) is 0 Å². The Labute approximate surface area is 133 Å². The fourth-order valence-electron chi connectivity index (χ4n) is 2.85. The van der Waals surface area contributed by atoms with Gasteiger partial charge in [-0.2, -0.15) is 0 Å². The molecule has 1 aromatic rings. The van der Waals surface area contributed by atoms with E-state index in [0.29, 0.717) is 11.3 Å². The van der Waals surface area contributed by atoms with Crippen LogP contribution in [-0.2, 0) is 0 Å². The molecule has 0 unspecified atom stereocenters. The molecule has 4 nitrogen and oxygen atoms in total. The number of hydrogen-bond acceptors (Lipinski definition) is 3. The average molecular weight is 305 g/mol. The number of carbonyl (C=O) groups is 1. The third-order valence-corrected chi connectivity index (χ3v) is 4.34. The van der Waals surface area contributed by atoms with Gasteiger partial charge >= 0.3 is 0 Å². The highest BCUT2D eigenvalue weighted by molar-refractivity contribution is 5.95. The number of amides is 1. The third-order valence-electron chi connectivity index (χ3n) is 4.34. The van der Waals surface area contributed by atoms with Crippen LogP contribution in [0.3, 0.4) is 0 Å². The normalized spacial score (nSPS) is 15.1. The SMILES string of the molecule is CCC(CC)NC(=O)c1ccc(OC2CCCC2)c(OC)c1. The second-order valence-corrected chi connectivity index (χ2v) is 5.88. The van der Waals surface area contributed by atoms with E-state index in [4.69, 9.17) is 9.47 Å². The van der Waals surface area contributed by atoms with Crippen molar-refractivity contribution >= 4 is 5.91 Å². The molecule has 0 spiro atoms. The lowest BCUT2D eigenvalue weighted by atomic mass is 10.1. The summed E-state index contributed by atoms with van der Waals surface area (Å²) in [5.41, 5.74) is 0.613. The Balaban J connectivity index is 2.08. The Hall–Kier alpha value is -1.71. The molecule has 0 radical (unpaired) electrons. The van der Waals surface area contributed by atoms with Crippen LogP contribution in [0.4, 0.5) is 0 Å². The molecule has 1 N–H and O–H groups in total. The molecule has 1 aliphatic carbocycles. The van der Waals surface area contributed by atoms with Crippen LogP contribution in [0.5, 0.6) is 11.5 Å². The molecule has 1 amide bonds. The summed E-state index contributed by atoms with van der Waals surface area (Å²) in [5, 5.41) is 3.04. The van der Waals surface area contributed by atoms with Crippen LogP contribution < -0.4 is 14.8 Å². The number of ether oxygens (including phenoxy) is 2. The molecule has 0 atom stereocenters. The maximum atomic E-state index is 12.3. The minimum Gasteiger partial charge on any atom is -0.493 e. The van der Waals surface area contributed by atoms with Gasteiger partial charge in [-0.3, -0.25) is 4.79 Å². The molecule has 4 heteroatoms. The largest absolute Gasteiger partial charge is 0.493 e. The van der Waals surface area contributed by atoms with Gasteiger partial charge in [0.1, 0.15) is 0 Å². The number of carbonyl (C=O) groups excluding carboxylic acids is 1. The van der Waals surface area contributed by atoms with Crippen molar-refractivity contribution in [3.8, 4) is 11.5 Å². The maximum Gasteiger partial charge on any atom is 0.251 e. The molecule has 1 saturated carbocycles. The van der Waals surface area contributed by atoms with Crippen LogP contribution in [0, 0.1) is 0 Å². The molecular formula is C18H27NO3. The van der Waals surface area contributed by atoms with Gasteiger partial charge in [0.15, 0.2) is 11.5 Å². The van der Waals surface area contributed by atoms with Gasteiger partial charge in [0, 0.05) is 11.6 Å². The van der Waals surface area contributed by atoms with Crippen LogP contribution in [0.1, 0.15) is 62.7 Å². The number of methoxy groups -OCH3 is 1. The summed E-state index contributed by atoms with van der Waals surface area (Å²) in [6.07, 6.45) is 6.79. The molecular weight excluding hydrogens is 278 g/mol. The molecule has 1 aromatic carbocycles. The summed E-state index contributed by atoms with van der Waals surface area (Å²) >= 11 is 0. The molecule has 2 rings (SSSR count). The molecule has 0 saturated heterocycles. The molecule has 122 valence electrons. The van der Waals surface area contributed by atoms with E-state index >= 15 is 0 Å². The molecule has 22 heavy (non-hydrogen) atoms. The lowest BCUT2D eigenvalue weighted by molar-refractivity contribution is 0.0934. The monoisotopic (exact) mass is 305 g/mol. The van der Waals surface area contributed by atoms with Gasteiger partial charge in [0.25, 0.3) is 5.91 Å². The highest BCUT2D eigenvalue weighted by atomic mass is 16.5. The van der Waals surface area contributed by atoms with E-state index < -0.39 is 0 Å². The van der Waals surface area contributed by atoms with Gasteiger partial charge in [-0.25, -0.2) is 0 Å². The van der Waals surface area contributed by atoms with Crippen LogP contribution in [0.15, 0.2) is 18.2 Å². The first kappa shape index (κ1) is 16.7. The number of nitrogens with one attached hydrogen (secondary N) is 1. The van der Waals surface area contributed by atoms with Crippen LogP contribution in [0.25, 0.3) is 0 Å². The minimum atomic E-state index is -0.0561. The smallest absolute Gasteiger partial charge is 0.251 e. The number of rotatable bonds is 7. The molecule has 0 aliphatic heterocycles. The van der Waals surface area contributed by atoms with Gasteiger partial charge in [0.05, 0.1) is 13.2 Å².